The van der Waals surface area contributed by atoms with Gasteiger partial charge in [0.2, 0.25) is 0 Å². The number of rotatable bonds is 6. The molecule has 1 unspecified atom stereocenters. The maximum atomic E-state index is 12.6. The average Bonchev–Trinajstić information content (AvgIpc) is 3.33. The summed E-state index contributed by atoms with van der Waals surface area (Å²) in [4.78, 5) is 37.9. The van der Waals surface area contributed by atoms with E-state index in [1.807, 2.05) is 0 Å². The highest BCUT2D eigenvalue weighted by atomic mass is 35.5. The molecular formula is C19H14Cl5NO6S. The van der Waals surface area contributed by atoms with Gasteiger partial charge in [0, 0.05) is 4.88 Å². The number of thiophene rings is 1. The van der Waals surface area contributed by atoms with Crippen LogP contribution < -0.4 is 10.1 Å². The minimum atomic E-state index is -0.683. The molecule has 0 fully saturated rings. The monoisotopic (exact) mass is 559 g/mol. The standard InChI is InChI=1S/C19H14Cl5NO6S/c1-29-18(27)6-3-4-7-9(6)10(19(28)30-2)17(32-7)25-8(26)5-31-16-14(23)12(21)11(20)13(22)15(16)24/h6H,3-5H2,1-2H3,(H,25,26). The molecule has 1 aromatic heterocycles. The molecular weight excluding hydrogens is 548 g/mol. The van der Waals surface area contributed by atoms with Crippen molar-refractivity contribution in [2.45, 2.75) is 18.8 Å². The summed E-state index contributed by atoms with van der Waals surface area (Å²) in [6.07, 6.45) is 1.06. The molecule has 1 amide bonds. The van der Waals surface area contributed by atoms with Crippen LogP contribution in [0.4, 0.5) is 5.00 Å². The molecule has 0 spiro atoms. The Kier molecular flexibility index (Phi) is 8.06. The first kappa shape index (κ1) is 25.2. The quantitative estimate of drug-likeness (QED) is 0.263. The van der Waals surface area contributed by atoms with Crippen molar-refractivity contribution in [1.82, 2.24) is 0 Å². The minimum Gasteiger partial charge on any atom is -0.481 e. The number of esters is 2. The van der Waals surface area contributed by atoms with Crippen LogP contribution in [-0.2, 0) is 25.5 Å². The Hall–Kier alpha value is -1.42. The maximum absolute atomic E-state index is 12.6. The van der Waals surface area contributed by atoms with E-state index in [0.29, 0.717) is 18.4 Å². The van der Waals surface area contributed by atoms with Crippen LogP contribution in [0.25, 0.3) is 0 Å². The van der Waals surface area contributed by atoms with Crippen molar-refractivity contribution < 1.29 is 28.6 Å². The first-order chi connectivity index (χ1) is 15.1. The van der Waals surface area contributed by atoms with Gasteiger partial charge in [-0.3, -0.25) is 9.59 Å². The first-order valence-electron chi connectivity index (χ1n) is 8.88. The third-order valence-corrected chi connectivity index (χ3v) is 8.10. The van der Waals surface area contributed by atoms with E-state index in [1.54, 1.807) is 0 Å². The number of ether oxygens (including phenoxy) is 3. The summed E-state index contributed by atoms with van der Waals surface area (Å²) in [5, 5.41) is 2.43. The van der Waals surface area contributed by atoms with Crippen molar-refractivity contribution in [2.24, 2.45) is 0 Å². The first-order valence-corrected chi connectivity index (χ1v) is 11.6. The van der Waals surface area contributed by atoms with Crippen LogP contribution in [0.5, 0.6) is 5.75 Å². The molecule has 1 heterocycles. The predicted octanol–water partition coefficient (Wildman–Crippen LogP) is 6.02. The molecule has 7 nitrogen and oxygen atoms in total. The summed E-state index contributed by atoms with van der Waals surface area (Å²) in [7, 11) is 2.48. The van der Waals surface area contributed by atoms with Crippen LogP contribution in [-0.4, -0.2) is 38.7 Å². The normalized spacial score (nSPS) is 14.7. The highest BCUT2D eigenvalue weighted by Crippen LogP contribution is 2.48. The Morgan fingerprint density at radius 2 is 1.56 bits per heavy atom. The molecule has 1 atom stereocenters. The molecule has 1 aliphatic rings. The number of fused-ring (bicyclic) bond motifs is 1. The maximum Gasteiger partial charge on any atom is 0.341 e. The molecule has 1 N–H and O–H groups in total. The van der Waals surface area contributed by atoms with Gasteiger partial charge in [0.1, 0.15) is 15.0 Å². The zero-order valence-electron chi connectivity index (χ0n) is 16.4. The summed E-state index contributed by atoms with van der Waals surface area (Å²) in [5.41, 5.74) is 0.620. The second kappa shape index (κ2) is 10.2. The van der Waals surface area contributed by atoms with Gasteiger partial charge in [0.15, 0.2) is 12.4 Å². The van der Waals surface area contributed by atoms with Gasteiger partial charge in [-0.25, -0.2) is 4.79 Å². The van der Waals surface area contributed by atoms with Crippen molar-refractivity contribution in [3.63, 3.8) is 0 Å². The third kappa shape index (κ3) is 4.62. The number of aryl methyl sites for hydroxylation is 1. The molecule has 0 saturated carbocycles. The number of hydrogen-bond donors (Lipinski definition) is 1. The molecule has 0 radical (unpaired) electrons. The Morgan fingerprint density at radius 3 is 2.12 bits per heavy atom. The number of hydrogen-bond acceptors (Lipinski definition) is 7. The fourth-order valence-corrected chi connectivity index (χ4v) is 5.76. The Labute approximate surface area is 211 Å². The molecule has 172 valence electrons. The van der Waals surface area contributed by atoms with Crippen LogP contribution in [0.1, 0.15) is 33.1 Å². The van der Waals surface area contributed by atoms with Crippen molar-refractivity contribution in [3.8, 4) is 5.75 Å². The molecule has 0 aliphatic heterocycles. The van der Waals surface area contributed by atoms with E-state index in [2.05, 4.69) is 5.32 Å². The lowest BCUT2D eigenvalue weighted by atomic mass is 9.99. The van der Waals surface area contributed by atoms with Crippen molar-refractivity contribution >= 4 is 92.2 Å². The van der Waals surface area contributed by atoms with E-state index in [-0.39, 0.29) is 41.4 Å². The molecule has 0 bridgehead atoms. The molecule has 32 heavy (non-hydrogen) atoms. The largest absolute Gasteiger partial charge is 0.481 e. The summed E-state index contributed by atoms with van der Waals surface area (Å²) < 4.78 is 15.1. The van der Waals surface area contributed by atoms with E-state index < -0.39 is 30.4 Å². The third-order valence-electron chi connectivity index (χ3n) is 4.68. The van der Waals surface area contributed by atoms with Gasteiger partial charge in [-0.1, -0.05) is 58.0 Å². The van der Waals surface area contributed by atoms with E-state index in [9.17, 15) is 14.4 Å². The smallest absolute Gasteiger partial charge is 0.341 e. The number of carbonyl (C=O) groups excluding carboxylic acids is 3. The molecule has 1 aliphatic carbocycles. The summed E-state index contributed by atoms with van der Waals surface area (Å²) >= 11 is 31.3. The fourth-order valence-electron chi connectivity index (χ4n) is 3.25. The van der Waals surface area contributed by atoms with Crippen LogP contribution in [0.3, 0.4) is 0 Å². The number of methoxy groups -OCH3 is 2. The number of anilines is 1. The number of benzene rings is 1. The molecule has 3 rings (SSSR count). The van der Waals surface area contributed by atoms with Crippen LogP contribution in [0.2, 0.25) is 25.1 Å². The lowest BCUT2D eigenvalue weighted by Crippen LogP contribution is -2.22. The molecule has 0 saturated heterocycles. The minimum absolute atomic E-state index is 0.0453. The lowest BCUT2D eigenvalue weighted by molar-refractivity contribution is -0.142. The van der Waals surface area contributed by atoms with E-state index in [4.69, 9.17) is 72.2 Å². The number of amides is 1. The van der Waals surface area contributed by atoms with Crippen LogP contribution in [0.15, 0.2) is 0 Å². The SMILES string of the molecule is COC(=O)c1c(NC(=O)COc2c(Cl)c(Cl)c(Cl)c(Cl)c2Cl)sc2c1C(C(=O)OC)CC2. The van der Waals surface area contributed by atoms with Gasteiger partial charge in [-0.05, 0) is 18.4 Å². The van der Waals surface area contributed by atoms with Crippen molar-refractivity contribution in [1.29, 1.82) is 0 Å². The Bertz CT molecular complexity index is 1090. The summed E-state index contributed by atoms with van der Waals surface area (Å²) in [5.74, 6) is -2.50. The Morgan fingerprint density at radius 1 is 0.969 bits per heavy atom. The van der Waals surface area contributed by atoms with Crippen LogP contribution >= 0.6 is 69.3 Å². The van der Waals surface area contributed by atoms with Crippen LogP contribution in [0, 0.1) is 0 Å². The topological polar surface area (TPSA) is 90.9 Å². The summed E-state index contributed by atoms with van der Waals surface area (Å²) in [6, 6.07) is 0. The molecule has 1 aromatic carbocycles. The van der Waals surface area contributed by atoms with Gasteiger partial charge in [0.05, 0.1) is 40.8 Å². The van der Waals surface area contributed by atoms with Crippen molar-refractivity contribution in [2.75, 3.05) is 26.1 Å². The van der Waals surface area contributed by atoms with E-state index >= 15 is 0 Å². The van der Waals surface area contributed by atoms with Crippen molar-refractivity contribution in [3.05, 3.63) is 41.1 Å². The van der Waals surface area contributed by atoms with Gasteiger partial charge >= 0.3 is 11.9 Å². The summed E-state index contributed by atoms with van der Waals surface area (Å²) in [6.45, 7) is -0.530. The molecule has 2 aromatic rings. The van der Waals surface area contributed by atoms with Gasteiger partial charge in [0.25, 0.3) is 5.91 Å². The molecule has 13 heteroatoms. The highest BCUT2D eigenvalue weighted by Gasteiger charge is 2.38. The van der Waals surface area contributed by atoms with Gasteiger partial charge < -0.3 is 19.5 Å². The van der Waals surface area contributed by atoms with E-state index in [1.165, 1.54) is 25.6 Å². The number of carbonyl (C=O) groups is 3. The fraction of sp³-hybridized carbons (Fsp3) is 0.316. The number of nitrogens with one attached hydrogen (secondary N) is 1. The lowest BCUT2D eigenvalue weighted by Gasteiger charge is -2.14. The second-order valence-corrected chi connectivity index (χ2v) is 9.48. The predicted molar refractivity (Wildman–Crippen MR) is 124 cm³/mol. The zero-order valence-corrected chi connectivity index (χ0v) is 21.0. The second-order valence-electron chi connectivity index (χ2n) is 6.48. The average molecular weight is 562 g/mol. The van der Waals surface area contributed by atoms with E-state index in [0.717, 1.165) is 4.88 Å². The highest BCUT2D eigenvalue weighted by molar-refractivity contribution is 7.17. The number of halogens is 5. The zero-order chi connectivity index (χ0) is 23.7. The van der Waals surface area contributed by atoms with Gasteiger partial charge in [-0.15, -0.1) is 11.3 Å². The Balaban J connectivity index is 1.84. The van der Waals surface area contributed by atoms with Gasteiger partial charge in [-0.2, -0.15) is 0 Å².